The summed E-state index contributed by atoms with van der Waals surface area (Å²) in [6.07, 6.45) is 9.22. The van der Waals surface area contributed by atoms with Crippen LogP contribution in [0, 0.1) is 5.92 Å². The fourth-order valence-corrected chi connectivity index (χ4v) is 9.41. The highest BCUT2D eigenvalue weighted by atomic mass is 16.5. The van der Waals surface area contributed by atoms with Crippen LogP contribution in [0.5, 0.6) is 11.5 Å². The minimum atomic E-state index is -0.387. The molecule has 2 heterocycles. The van der Waals surface area contributed by atoms with Crippen molar-refractivity contribution in [1.82, 2.24) is 9.97 Å². The molecule has 1 aromatic heterocycles. The first-order valence-corrected chi connectivity index (χ1v) is 19.3. The second-order valence-electron chi connectivity index (χ2n) is 14.9. The minimum Gasteiger partial charge on any atom is -0.456 e. The predicted octanol–water partition coefficient (Wildman–Crippen LogP) is 13.1. The molecule has 3 atom stereocenters. The van der Waals surface area contributed by atoms with Gasteiger partial charge in [0.05, 0.1) is 16.8 Å². The zero-order chi connectivity index (χ0) is 37.1. The van der Waals surface area contributed by atoms with Crippen LogP contribution in [-0.2, 0) is 5.41 Å². The fraction of sp³-hybridized carbons (Fsp3) is 0.0566. The van der Waals surface area contributed by atoms with Crippen molar-refractivity contribution >= 4 is 0 Å². The van der Waals surface area contributed by atoms with Gasteiger partial charge in [0.1, 0.15) is 11.5 Å². The summed E-state index contributed by atoms with van der Waals surface area (Å²) in [7, 11) is 0. The van der Waals surface area contributed by atoms with Gasteiger partial charge in [0.15, 0.2) is 5.82 Å². The van der Waals surface area contributed by atoms with E-state index in [2.05, 4.69) is 170 Å². The zero-order valence-electron chi connectivity index (χ0n) is 30.6. The van der Waals surface area contributed by atoms with Crippen LogP contribution in [-0.4, -0.2) is 9.97 Å². The normalized spacial score (nSPS) is 18.4. The van der Waals surface area contributed by atoms with Crippen LogP contribution in [0.1, 0.15) is 28.2 Å². The quantitative estimate of drug-likeness (QED) is 0.178. The number of allylic oxidation sites excluding steroid dienone is 4. The Balaban J connectivity index is 1.03. The Hall–Kier alpha value is -7.10. The summed E-state index contributed by atoms with van der Waals surface area (Å²) in [5, 5.41) is 0. The molecule has 3 unspecified atom stereocenters. The highest BCUT2D eigenvalue weighted by Crippen LogP contribution is 2.65. The summed E-state index contributed by atoms with van der Waals surface area (Å²) < 4.78 is 7.00. The number of nitrogens with zero attached hydrogens (tertiary/aromatic N) is 2. The third-order valence-corrected chi connectivity index (χ3v) is 11.8. The lowest BCUT2D eigenvalue weighted by molar-refractivity contribution is 0.375. The van der Waals surface area contributed by atoms with Gasteiger partial charge in [-0.15, -0.1) is 0 Å². The third kappa shape index (κ3) is 5.05. The number of rotatable bonds is 5. The summed E-state index contributed by atoms with van der Waals surface area (Å²) in [4.78, 5) is 10.2. The van der Waals surface area contributed by atoms with Crippen LogP contribution in [0.25, 0.3) is 56.2 Å². The second kappa shape index (κ2) is 13.0. The molecule has 1 spiro atoms. The van der Waals surface area contributed by atoms with Gasteiger partial charge in [0, 0.05) is 45.2 Å². The number of para-hydroxylation sites is 2. The van der Waals surface area contributed by atoms with Crippen molar-refractivity contribution < 1.29 is 4.74 Å². The number of benzene rings is 7. The van der Waals surface area contributed by atoms with Gasteiger partial charge in [-0.05, 0) is 52.1 Å². The molecule has 0 amide bonds. The largest absolute Gasteiger partial charge is 0.456 e. The lowest BCUT2D eigenvalue weighted by Gasteiger charge is -2.43. The van der Waals surface area contributed by atoms with E-state index in [0.717, 1.165) is 61.8 Å². The molecule has 3 aliphatic rings. The lowest BCUT2D eigenvalue weighted by atomic mass is 9.61. The summed E-state index contributed by atoms with van der Waals surface area (Å²) in [6, 6.07) is 64.5. The van der Waals surface area contributed by atoms with Gasteiger partial charge in [-0.25, -0.2) is 9.97 Å². The molecule has 0 bridgehead atoms. The van der Waals surface area contributed by atoms with E-state index in [1.54, 1.807) is 0 Å². The molecule has 7 aromatic carbocycles. The van der Waals surface area contributed by atoms with Gasteiger partial charge in [-0.1, -0.05) is 182 Å². The average molecular weight is 717 g/mol. The molecule has 11 rings (SSSR count). The van der Waals surface area contributed by atoms with Crippen molar-refractivity contribution in [1.29, 1.82) is 0 Å². The van der Waals surface area contributed by atoms with E-state index in [1.807, 2.05) is 36.4 Å². The van der Waals surface area contributed by atoms with E-state index >= 15 is 0 Å². The Morgan fingerprint density at radius 3 is 1.73 bits per heavy atom. The molecular weight excluding hydrogens is 681 g/mol. The summed E-state index contributed by atoms with van der Waals surface area (Å²) in [5.41, 5.74) is 14.1. The van der Waals surface area contributed by atoms with Crippen molar-refractivity contribution in [2.75, 3.05) is 0 Å². The summed E-state index contributed by atoms with van der Waals surface area (Å²) >= 11 is 0. The molecule has 264 valence electrons. The zero-order valence-corrected chi connectivity index (χ0v) is 30.6. The van der Waals surface area contributed by atoms with Gasteiger partial charge in [0.2, 0.25) is 0 Å². The van der Waals surface area contributed by atoms with Crippen molar-refractivity contribution in [3.05, 3.63) is 229 Å². The first-order valence-electron chi connectivity index (χ1n) is 19.3. The van der Waals surface area contributed by atoms with Gasteiger partial charge in [-0.3, -0.25) is 0 Å². The van der Waals surface area contributed by atoms with E-state index in [4.69, 9.17) is 14.7 Å². The van der Waals surface area contributed by atoms with Crippen molar-refractivity contribution in [2.45, 2.75) is 11.3 Å². The maximum Gasteiger partial charge on any atom is 0.160 e. The van der Waals surface area contributed by atoms with E-state index in [9.17, 15) is 0 Å². The molecule has 3 heteroatoms. The monoisotopic (exact) mass is 716 g/mol. The predicted molar refractivity (Wildman–Crippen MR) is 227 cm³/mol. The Labute approximate surface area is 327 Å². The van der Waals surface area contributed by atoms with Crippen LogP contribution < -0.4 is 4.74 Å². The summed E-state index contributed by atoms with van der Waals surface area (Å²) in [6.45, 7) is 0. The van der Waals surface area contributed by atoms with Crippen LogP contribution >= 0.6 is 0 Å². The summed E-state index contributed by atoms with van der Waals surface area (Å²) in [5.74, 6) is 3.05. The number of hydrogen-bond acceptors (Lipinski definition) is 3. The number of aromatic nitrogens is 2. The SMILES string of the molecule is C1=CC2c3ccccc3C3(c4ccccc4Oc4c(-c5cccc(-c6cccc(-c7nc(-c8ccccc8)cc(-c8ccccc8)n7)c6)c5)cccc43)C2C=C1. The van der Waals surface area contributed by atoms with Gasteiger partial charge < -0.3 is 4.74 Å². The van der Waals surface area contributed by atoms with E-state index in [1.165, 1.54) is 22.3 Å². The molecule has 0 radical (unpaired) electrons. The lowest BCUT2D eigenvalue weighted by Crippen LogP contribution is -2.37. The number of hydrogen-bond donors (Lipinski definition) is 0. The highest BCUT2D eigenvalue weighted by Gasteiger charge is 2.56. The smallest absolute Gasteiger partial charge is 0.160 e. The average Bonchev–Trinajstić information content (AvgIpc) is 3.57. The highest BCUT2D eigenvalue weighted by molar-refractivity contribution is 5.83. The van der Waals surface area contributed by atoms with E-state index in [-0.39, 0.29) is 17.3 Å². The Morgan fingerprint density at radius 2 is 0.982 bits per heavy atom. The molecule has 2 aliphatic carbocycles. The maximum atomic E-state index is 7.00. The Kier molecular flexibility index (Phi) is 7.53. The van der Waals surface area contributed by atoms with Gasteiger partial charge in [0.25, 0.3) is 0 Å². The number of fused-ring (bicyclic) bond motifs is 9. The third-order valence-electron chi connectivity index (χ3n) is 11.8. The van der Waals surface area contributed by atoms with Crippen LogP contribution in [0.4, 0.5) is 0 Å². The molecule has 0 saturated carbocycles. The Bertz CT molecular complexity index is 2800. The van der Waals surface area contributed by atoms with Gasteiger partial charge >= 0.3 is 0 Å². The minimum absolute atomic E-state index is 0.225. The number of ether oxygens (including phenoxy) is 1. The van der Waals surface area contributed by atoms with E-state index < -0.39 is 0 Å². The molecule has 8 aromatic rings. The van der Waals surface area contributed by atoms with Crippen molar-refractivity contribution in [3.63, 3.8) is 0 Å². The topological polar surface area (TPSA) is 35.0 Å². The molecule has 1 aliphatic heterocycles. The molecular formula is C53H36N2O. The van der Waals surface area contributed by atoms with Gasteiger partial charge in [-0.2, -0.15) is 0 Å². The molecule has 3 nitrogen and oxygen atoms in total. The molecule has 0 saturated heterocycles. The maximum absolute atomic E-state index is 7.00. The molecule has 56 heavy (non-hydrogen) atoms. The van der Waals surface area contributed by atoms with Crippen LogP contribution in [0.3, 0.4) is 0 Å². The first-order chi connectivity index (χ1) is 27.8. The van der Waals surface area contributed by atoms with Crippen molar-refractivity contribution in [3.8, 4) is 67.7 Å². The second-order valence-corrected chi connectivity index (χ2v) is 14.9. The van der Waals surface area contributed by atoms with Crippen LogP contribution in [0.15, 0.2) is 206 Å². The fourth-order valence-electron chi connectivity index (χ4n) is 9.41. The first kappa shape index (κ1) is 32.3. The van der Waals surface area contributed by atoms with Crippen LogP contribution in [0.2, 0.25) is 0 Å². The van der Waals surface area contributed by atoms with Crippen molar-refractivity contribution in [2.24, 2.45) is 5.92 Å². The molecule has 0 N–H and O–H groups in total. The Morgan fingerprint density at radius 1 is 0.429 bits per heavy atom. The standard InChI is InChI=1S/C53H36N2O/c1-3-16-35(17-4-1)48-34-49(36-18-5-2-6-19-36)55-52(54-48)40-23-14-21-38(33-40)37-20-13-22-39(32-37)41-26-15-30-47-51(41)56-50-31-12-11-29-46(50)53(47)44-27-9-7-24-42(44)43-25-8-10-28-45(43)53/h1-34,42,44H. The van der Waals surface area contributed by atoms with E-state index in [0.29, 0.717) is 5.82 Å². The molecule has 0 fully saturated rings.